The smallest absolute Gasteiger partial charge is 0.243 e. The number of halogens is 1. The molecule has 30 heavy (non-hydrogen) atoms. The number of imidazole rings is 1. The van der Waals surface area contributed by atoms with Gasteiger partial charge in [-0.3, -0.25) is 4.79 Å². The number of benzene rings is 1. The minimum absolute atomic E-state index is 0.156. The first-order valence-corrected chi connectivity index (χ1v) is 11.7. The summed E-state index contributed by atoms with van der Waals surface area (Å²) in [6.07, 6.45) is 6.62. The van der Waals surface area contributed by atoms with Gasteiger partial charge in [-0.2, -0.15) is 4.31 Å². The third-order valence-electron chi connectivity index (χ3n) is 5.17. The van der Waals surface area contributed by atoms with Crippen LogP contribution in [0.1, 0.15) is 30.5 Å². The normalized spacial score (nSPS) is 15.4. The molecule has 1 aliphatic rings. The van der Waals surface area contributed by atoms with Gasteiger partial charge < -0.3 is 9.72 Å². The molecule has 1 N–H and O–H groups in total. The molecular weight excluding hydrogens is 424 g/mol. The van der Waals surface area contributed by atoms with E-state index in [1.165, 1.54) is 0 Å². The third kappa shape index (κ3) is 4.66. The minimum atomic E-state index is -3.46. The summed E-state index contributed by atoms with van der Waals surface area (Å²) in [6, 6.07) is 10.1. The average Bonchev–Trinajstić information content (AvgIpc) is 3.15. The van der Waals surface area contributed by atoms with E-state index in [0.717, 1.165) is 36.2 Å². The second kappa shape index (κ2) is 8.75. The van der Waals surface area contributed by atoms with Crippen molar-refractivity contribution < 1.29 is 13.2 Å². The predicted molar refractivity (Wildman–Crippen MR) is 115 cm³/mol. The molecule has 2 aromatic heterocycles. The van der Waals surface area contributed by atoms with Crippen LogP contribution in [0.25, 0.3) is 5.65 Å². The maximum absolute atomic E-state index is 12.7. The number of carbonyl (C=O) groups excluding carboxylic acids is 1. The molecule has 3 heterocycles. The summed E-state index contributed by atoms with van der Waals surface area (Å²) in [6.45, 7) is 1.45. The van der Waals surface area contributed by atoms with Crippen molar-refractivity contribution in [2.24, 2.45) is 0 Å². The molecule has 1 aromatic carbocycles. The molecule has 1 fully saturated rings. The molecule has 0 aliphatic carbocycles. The molecule has 7 nitrogen and oxygen atoms in total. The number of hydrogen-bond acceptors (Lipinski definition) is 4. The molecular formula is C21H23ClN4O3S. The van der Waals surface area contributed by atoms with E-state index in [0.29, 0.717) is 24.7 Å². The number of piperidine rings is 1. The van der Waals surface area contributed by atoms with E-state index in [1.807, 2.05) is 16.7 Å². The third-order valence-corrected chi connectivity index (χ3v) is 7.31. The van der Waals surface area contributed by atoms with Crippen LogP contribution in [-0.2, 0) is 27.8 Å². The lowest BCUT2D eigenvalue weighted by molar-refractivity contribution is -0.120. The summed E-state index contributed by atoms with van der Waals surface area (Å²) in [5.74, 6) is -0.156. The van der Waals surface area contributed by atoms with Crippen LogP contribution in [0.4, 0.5) is 0 Å². The van der Waals surface area contributed by atoms with Crippen molar-refractivity contribution in [3.8, 4) is 0 Å². The second-order valence-corrected chi connectivity index (χ2v) is 9.78. The van der Waals surface area contributed by atoms with Gasteiger partial charge in [-0.05, 0) is 42.7 Å². The van der Waals surface area contributed by atoms with Gasteiger partial charge in [0.1, 0.15) is 5.65 Å². The van der Waals surface area contributed by atoms with Crippen LogP contribution in [0.5, 0.6) is 0 Å². The topological polar surface area (TPSA) is 83.8 Å². The molecule has 0 unspecified atom stereocenters. The molecule has 0 atom stereocenters. The number of hydrogen-bond donors (Lipinski definition) is 1. The fourth-order valence-corrected chi connectivity index (χ4v) is 5.26. The van der Waals surface area contributed by atoms with Gasteiger partial charge in [0.15, 0.2) is 0 Å². The quantitative estimate of drug-likeness (QED) is 0.630. The number of amides is 1. The van der Waals surface area contributed by atoms with Gasteiger partial charge in [0, 0.05) is 25.5 Å². The first-order chi connectivity index (χ1) is 14.4. The Morgan fingerprint density at radius 1 is 1.03 bits per heavy atom. The van der Waals surface area contributed by atoms with E-state index in [4.69, 9.17) is 11.6 Å². The van der Waals surface area contributed by atoms with E-state index < -0.39 is 10.0 Å². The van der Waals surface area contributed by atoms with Gasteiger partial charge in [0.2, 0.25) is 15.9 Å². The Kier molecular flexibility index (Phi) is 6.08. The Morgan fingerprint density at radius 2 is 1.77 bits per heavy atom. The molecule has 1 saturated heterocycles. The summed E-state index contributed by atoms with van der Waals surface area (Å²) >= 11 is 5.97. The minimum Gasteiger partial charge on any atom is -0.350 e. The lowest BCUT2D eigenvalue weighted by Gasteiger charge is -2.25. The maximum atomic E-state index is 12.7. The molecule has 158 valence electrons. The van der Waals surface area contributed by atoms with Crippen LogP contribution in [0, 0.1) is 0 Å². The van der Waals surface area contributed by atoms with Gasteiger partial charge >= 0.3 is 0 Å². The summed E-state index contributed by atoms with van der Waals surface area (Å²) in [5.41, 5.74) is 2.25. The van der Waals surface area contributed by atoms with Crippen LogP contribution < -0.4 is 5.32 Å². The van der Waals surface area contributed by atoms with Gasteiger partial charge in [0.25, 0.3) is 0 Å². The van der Waals surface area contributed by atoms with Gasteiger partial charge in [-0.1, -0.05) is 30.2 Å². The number of sulfonamides is 1. The summed E-state index contributed by atoms with van der Waals surface area (Å²) in [4.78, 5) is 17.0. The number of nitrogens with zero attached hydrogens (tertiary/aromatic N) is 3. The summed E-state index contributed by atoms with van der Waals surface area (Å²) < 4.78 is 28.8. The first kappa shape index (κ1) is 20.8. The number of carbonyl (C=O) groups is 1. The van der Waals surface area contributed by atoms with E-state index in [9.17, 15) is 13.2 Å². The highest BCUT2D eigenvalue weighted by Gasteiger charge is 2.25. The maximum Gasteiger partial charge on any atom is 0.243 e. The highest BCUT2D eigenvalue weighted by molar-refractivity contribution is 7.89. The highest BCUT2D eigenvalue weighted by Crippen LogP contribution is 2.21. The van der Waals surface area contributed by atoms with Gasteiger partial charge in [-0.15, -0.1) is 0 Å². The Labute approximate surface area is 180 Å². The van der Waals surface area contributed by atoms with E-state index in [1.54, 1.807) is 40.8 Å². The van der Waals surface area contributed by atoms with Crippen molar-refractivity contribution in [1.82, 2.24) is 19.0 Å². The van der Waals surface area contributed by atoms with Crippen molar-refractivity contribution >= 4 is 33.2 Å². The van der Waals surface area contributed by atoms with Crippen LogP contribution in [-0.4, -0.2) is 41.1 Å². The zero-order valence-electron chi connectivity index (χ0n) is 16.4. The number of pyridine rings is 1. The largest absolute Gasteiger partial charge is 0.350 e. The number of fused-ring (bicyclic) bond motifs is 1. The zero-order chi connectivity index (χ0) is 21.1. The summed E-state index contributed by atoms with van der Waals surface area (Å²) in [7, 11) is -3.46. The Bertz CT molecular complexity index is 1150. The van der Waals surface area contributed by atoms with Gasteiger partial charge in [0.05, 0.1) is 28.6 Å². The van der Waals surface area contributed by atoms with E-state index >= 15 is 0 Å². The first-order valence-electron chi connectivity index (χ1n) is 9.91. The molecule has 4 rings (SSSR count). The van der Waals surface area contributed by atoms with Crippen LogP contribution >= 0.6 is 11.6 Å². The molecule has 1 aliphatic heterocycles. The molecule has 0 saturated carbocycles. The SMILES string of the molecule is O=C(Cc1ccc(S(=O)(=O)N2CCCCC2)cc1)NCc1cn2cc(Cl)ccc2n1. The molecule has 3 aromatic rings. The van der Waals surface area contributed by atoms with Crippen molar-refractivity contribution in [3.05, 3.63) is 65.1 Å². The number of rotatable bonds is 6. The Balaban J connectivity index is 1.35. The van der Waals surface area contributed by atoms with Crippen LogP contribution in [0.2, 0.25) is 5.02 Å². The highest BCUT2D eigenvalue weighted by atomic mass is 35.5. The molecule has 0 spiro atoms. The standard InChI is InChI=1S/C21H23ClN4O3S/c22-17-6-9-20-24-18(15-25(20)14-17)13-23-21(27)12-16-4-7-19(8-5-16)30(28,29)26-10-2-1-3-11-26/h4-9,14-15H,1-3,10-13H2,(H,23,27). The lowest BCUT2D eigenvalue weighted by Crippen LogP contribution is -2.35. The van der Waals surface area contributed by atoms with Crippen molar-refractivity contribution in [3.63, 3.8) is 0 Å². The fraction of sp³-hybridized carbons (Fsp3) is 0.333. The van der Waals surface area contributed by atoms with Crippen molar-refractivity contribution in [2.75, 3.05) is 13.1 Å². The molecule has 1 amide bonds. The monoisotopic (exact) mass is 446 g/mol. The van der Waals surface area contributed by atoms with Gasteiger partial charge in [-0.25, -0.2) is 13.4 Å². The van der Waals surface area contributed by atoms with Crippen molar-refractivity contribution in [1.29, 1.82) is 0 Å². The molecule has 0 bridgehead atoms. The van der Waals surface area contributed by atoms with E-state index in [-0.39, 0.29) is 17.2 Å². The van der Waals surface area contributed by atoms with Crippen LogP contribution in [0.15, 0.2) is 53.7 Å². The Hall–Kier alpha value is -2.42. The van der Waals surface area contributed by atoms with Crippen molar-refractivity contribution in [2.45, 2.75) is 37.1 Å². The van der Waals surface area contributed by atoms with E-state index in [2.05, 4.69) is 10.3 Å². The average molecular weight is 447 g/mol. The number of nitrogens with one attached hydrogen (secondary N) is 1. The summed E-state index contributed by atoms with van der Waals surface area (Å²) in [5, 5.41) is 3.46. The zero-order valence-corrected chi connectivity index (χ0v) is 18.0. The second-order valence-electron chi connectivity index (χ2n) is 7.41. The molecule has 9 heteroatoms. The lowest BCUT2D eigenvalue weighted by atomic mass is 10.1. The van der Waals surface area contributed by atoms with Crippen LogP contribution in [0.3, 0.4) is 0 Å². The molecule has 0 radical (unpaired) electrons. The predicted octanol–water partition coefficient (Wildman–Crippen LogP) is 3.02. The number of aromatic nitrogens is 2. The Morgan fingerprint density at radius 3 is 2.50 bits per heavy atom. The fourth-order valence-electron chi connectivity index (χ4n) is 3.57.